The van der Waals surface area contributed by atoms with Crippen LogP contribution in [0.4, 0.5) is 0 Å². The Morgan fingerprint density at radius 2 is 1.12 bits per heavy atom. The average molecular weight is 602 g/mol. The standard InChI is InChI=1S/C19H35N6O14P/c1-7(20)14(29)21-8(2)15(30)22-10(4-26)16(31)23-11(5-27)17(32)25-13(9(3)39-40(36,37)38)18(33)24-12(6-28)19(34)35/h7-13,26-28H,4-6,20H2,1-3H3,(H,21,29)(H,22,30)(H,23,31)(H,24,33)(H,25,32)(H,34,35)(H2,36,37,38)/t7-,8-,9+,10-,11-,12-,13-/m0/s1. The molecule has 0 radical (unpaired) electrons. The highest BCUT2D eigenvalue weighted by atomic mass is 31.2. The van der Waals surface area contributed by atoms with Gasteiger partial charge in [0.15, 0.2) is 0 Å². The number of hydrogen-bond donors (Lipinski definition) is 12. The summed E-state index contributed by atoms with van der Waals surface area (Å²) in [6.07, 6.45) is -1.81. The summed E-state index contributed by atoms with van der Waals surface area (Å²) in [4.78, 5) is 90.9. The first-order valence-electron chi connectivity index (χ1n) is 11.4. The summed E-state index contributed by atoms with van der Waals surface area (Å²) in [5.41, 5.74) is 5.39. The number of nitrogens with two attached hydrogens (primary N) is 1. The number of carbonyl (C=O) groups is 6. The summed E-state index contributed by atoms with van der Waals surface area (Å²) >= 11 is 0. The topological polar surface area (TPSA) is 336 Å². The molecule has 5 amide bonds. The van der Waals surface area contributed by atoms with Crippen LogP contribution in [0.1, 0.15) is 20.8 Å². The zero-order valence-electron chi connectivity index (χ0n) is 21.6. The SMILES string of the molecule is C[C@H](N)C(=O)N[C@@H](C)C(=O)N[C@@H](CO)C(=O)N[C@@H](CO)C(=O)N[C@H](C(=O)N[C@@H](CO)C(=O)O)[C@@H](C)OP(=O)(O)O. The molecular weight excluding hydrogens is 567 g/mol. The van der Waals surface area contributed by atoms with E-state index >= 15 is 0 Å². The van der Waals surface area contributed by atoms with E-state index in [9.17, 15) is 43.5 Å². The summed E-state index contributed by atoms with van der Waals surface area (Å²) in [5, 5.41) is 47.3. The van der Waals surface area contributed by atoms with Gasteiger partial charge in [-0.1, -0.05) is 0 Å². The highest BCUT2D eigenvalue weighted by Crippen LogP contribution is 2.38. The summed E-state index contributed by atoms with van der Waals surface area (Å²) in [6.45, 7) is 0.320. The Kier molecular flexibility index (Phi) is 15.4. The lowest BCUT2D eigenvalue weighted by atomic mass is 10.1. The maximum Gasteiger partial charge on any atom is 0.469 e. The lowest BCUT2D eigenvalue weighted by Crippen LogP contribution is -2.62. The minimum atomic E-state index is -5.24. The van der Waals surface area contributed by atoms with Crippen molar-refractivity contribution < 1.29 is 68.1 Å². The molecule has 0 aliphatic heterocycles. The minimum absolute atomic E-state index is 0.686. The number of rotatable bonds is 17. The second kappa shape index (κ2) is 16.8. The number of aliphatic hydroxyl groups excluding tert-OH is 3. The summed E-state index contributed by atoms with van der Waals surface area (Å²) in [5.74, 6) is -7.22. The van der Waals surface area contributed by atoms with Gasteiger partial charge >= 0.3 is 13.8 Å². The van der Waals surface area contributed by atoms with Gasteiger partial charge in [-0.15, -0.1) is 0 Å². The number of amides is 5. The maximum absolute atomic E-state index is 12.7. The molecular formula is C19H35N6O14P. The van der Waals surface area contributed by atoms with Crippen LogP contribution < -0.4 is 32.3 Å². The molecule has 40 heavy (non-hydrogen) atoms. The zero-order chi connectivity index (χ0) is 31.4. The van der Waals surface area contributed by atoms with Crippen LogP contribution in [-0.4, -0.2) is 128 Å². The molecule has 230 valence electrons. The molecule has 0 aromatic carbocycles. The molecule has 20 nitrogen and oxygen atoms in total. The van der Waals surface area contributed by atoms with Crippen LogP contribution in [0.5, 0.6) is 0 Å². The molecule has 0 unspecified atom stereocenters. The number of hydrogen-bond acceptors (Lipinski definition) is 12. The van der Waals surface area contributed by atoms with Gasteiger partial charge in [-0.05, 0) is 20.8 Å². The van der Waals surface area contributed by atoms with Gasteiger partial charge in [0.05, 0.1) is 32.0 Å². The van der Waals surface area contributed by atoms with Gasteiger partial charge in [0.2, 0.25) is 29.5 Å². The molecule has 0 aromatic heterocycles. The Hall–Kier alpha value is -3.23. The molecule has 7 atom stereocenters. The second-order valence-electron chi connectivity index (χ2n) is 8.38. The second-order valence-corrected chi connectivity index (χ2v) is 9.57. The molecule has 0 fully saturated rings. The van der Waals surface area contributed by atoms with Crippen LogP contribution in [0.3, 0.4) is 0 Å². The van der Waals surface area contributed by atoms with Crippen LogP contribution in [0.15, 0.2) is 0 Å². The number of aliphatic carboxylic acids is 1. The van der Waals surface area contributed by atoms with Gasteiger partial charge in [-0.3, -0.25) is 28.5 Å². The van der Waals surface area contributed by atoms with Crippen LogP contribution in [0, 0.1) is 0 Å². The lowest BCUT2D eigenvalue weighted by molar-refractivity contribution is -0.144. The number of phosphoric ester groups is 1. The number of aliphatic hydroxyl groups is 3. The lowest BCUT2D eigenvalue weighted by Gasteiger charge is -2.28. The number of carboxylic acid groups (broad SMARTS) is 1. The zero-order valence-corrected chi connectivity index (χ0v) is 22.5. The van der Waals surface area contributed by atoms with Crippen LogP contribution in [0.2, 0.25) is 0 Å². The van der Waals surface area contributed by atoms with Crippen molar-refractivity contribution >= 4 is 43.3 Å². The molecule has 0 saturated heterocycles. The van der Waals surface area contributed by atoms with Crippen molar-refractivity contribution in [2.45, 2.75) is 63.1 Å². The highest BCUT2D eigenvalue weighted by Gasteiger charge is 2.36. The fraction of sp³-hybridized carbons (Fsp3) is 0.684. The van der Waals surface area contributed by atoms with Crippen LogP contribution in [-0.2, 0) is 37.9 Å². The Bertz CT molecular complexity index is 975. The predicted molar refractivity (Wildman–Crippen MR) is 130 cm³/mol. The molecule has 0 aromatic rings. The van der Waals surface area contributed by atoms with Crippen LogP contribution in [0.25, 0.3) is 0 Å². The third-order valence-electron chi connectivity index (χ3n) is 4.95. The fourth-order valence-electron chi connectivity index (χ4n) is 2.74. The maximum atomic E-state index is 12.7. The van der Waals surface area contributed by atoms with E-state index in [1.807, 2.05) is 16.0 Å². The Morgan fingerprint density at radius 1 is 0.700 bits per heavy atom. The van der Waals surface area contributed by atoms with Gasteiger partial charge < -0.3 is 62.5 Å². The first kappa shape index (κ1) is 36.8. The molecule has 0 spiro atoms. The average Bonchev–Trinajstić information content (AvgIpc) is 2.85. The number of carboxylic acids is 1. The monoisotopic (exact) mass is 602 g/mol. The smallest absolute Gasteiger partial charge is 0.469 e. The van der Waals surface area contributed by atoms with Crippen molar-refractivity contribution in [3.63, 3.8) is 0 Å². The van der Waals surface area contributed by atoms with E-state index in [0.717, 1.165) is 6.92 Å². The van der Waals surface area contributed by atoms with Crippen molar-refractivity contribution in [1.29, 1.82) is 0 Å². The van der Waals surface area contributed by atoms with E-state index in [4.69, 9.17) is 25.7 Å². The first-order chi connectivity index (χ1) is 18.4. The van der Waals surface area contributed by atoms with Crippen molar-refractivity contribution in [3.05, 3.63) is 0 Å². The van der Waals surface area contributed by atoms with Crippen molar-refractivity contribution in [1.82, 2.24) is 26.6 Å². The van der Waals surface area contributed by atoms with E-state index in [1.54, 1.807) is 0 Å². The first-order valence-corrected chi connectivity index (χ1v) is 13.0. The fourth-order valence-corrected chi connectivity index (χ4v) is 3.30. The van der Waals surface area contributed by atoms with Crippen molar-refractivity contribution in [3.8, 4) is 0 Å². The highest BCUT2D eigenvalue weighted by molar-refractivity contribution is 7.46. The van der Waals surface area contributed by atoms with Gasteiger partial charge in [0.25, 0.3) is 0 Å². The third kappa shape index (κ3) is 12.7. The van der Waals surface area contributed by atoms with E-state index < -0.39 is 106 Å². The van der Waals surface area contributed by atoms with E-state index in [0.29, 0.717) is 0 Å². The third-order valence-corrected chi connectivity index (χ3v) is 5.55. The number of carbonyl (C=O) groups excluding carboxylic acids is 5. The quantitative estimate of drug-likeness (QED) is 0.0688. The minimum Gasteiger partial charge on any atom is -0.480 e. The van der Waals surface area contributed by atoms with Gasteiger partial charge in [-0.25, -0.2) is 9.36 Å². The molecule has 0 heterocycles. The molecule has 0 rings (SSSR count). The van der Waals surface area contributed by atoms with Gasteiger partial charge in [0.1, 0.15) is 30.2 Å². The van der Waals surface area contributed by atoms with Gasteiger partial charge in [0, 0.05) is 0 Å². The number of phosphoric acid groups is 1. The molecule has 0 aliphatic rings. The summed E-state index contributed by atoms with van der Waals surface area (Å²) in [7, 11) is -5.24. The van der Waals surface area contributed by atoms with E-state index in [-0.39, 0.29) is 0 Å². The molecule has 21 heteroatoms. The Morgan fingerprint density at radius 3 is 1.52 bits per heavy atom. The molecule has 0 saturated carbocycles. The Balaban J connectivity index is 5.64. The van der Waals surface area contributed by atoms with Crippen molar-refractivity contribution in [2.24, 2.45) is 5.73 Å². The predicted octanol–water partition coefficient (Wildman–Crippen LogP) is -6.66. The molecule has 0 aliphatic carbocycles. The largest absolute Gasteiger partial charge is 0.480 e. The Labute approximate surface area is 227 Å². The number of nitrogens with one attached hydrogen (secondary N) is 5. The summed E-state index contributed by atoms with van der Waals surface area (Å²) in [6, 6.07) is -9.62. The molecule has 13 N–H and O–H groups in total. The summed E-state index contributed by atoms with van der Waals surface area (Å²) < 4.78 is 15.6. The van der Waals surface area contributed by atoms with Crippen LogP contribution >= 0.6 is 7.82 Å². The van der Waals surface area contributed by atoms with Crippen molar-refractivity contribution in [2.75, 3.05) is 19.8 Å². The van der Waals surface area contributed by atoms with E-state index in [1.165, 1.54) is 13.8 Å². The van der Waals surface area contributed by atoms with E-state index in [2.05, 4.69) is 15.2 Å². The molecule has 0 bridgehead atoms. The normalized spacial score (nSPS) is 16.6. The van der Waals surface area contributed by atoms with Gasteiger partial charge in [-0.2, -0.15) is 0 Å².